The number of rotatable bonds is 4. The second-order valence-electron chi connectivity index (χ2n) is 4.58. The molecule has 1 fully saturated rings. The lowest BCUT2D eigenvalue weighted by atomic mass is 10.2. The fourth-order valence-electron chi connectivity index (χ4n) is 2.07. The van der Waals surface area contributed by atoms with E-state index in [0.717, 1.165) is 18.3 Å². The quantitative estimate of drug-likeness (QED) is 0.847. The number of hydrogen-bond donors (Lipinski definition) is 0. The summed E-state index contributed by atoms with van der Waals surface area (Å²) in [5, 5.41) is 0. The third kappa shape index (κ3) is 3.47. The molecule has 2 unspecified atom stereocenters. The number of pyridine rings is 1. The molecule has 1 saturated carbocycles. The normalized spacial score (nSPS) is 25.8. The molecule has 3 nitrogen and oxygen atoms in total. The van der Waals surface area contributed by atoms with E-state index in [9.17, 15) is 0 Å². The van der Waals surface area contributed by atoms with Crippen molar-refractivity contribution in [1.29, 1.82) is 0 Å². The zero-order valence-electron chi connectivity index (χ0n) is 10.4. The number of halogens is 2. The highest BCUT2D eigenvalue weighted by Crippen LogP contribution is 2.47. The molecule has 0 saturated heterocycles. The van der Waals surface area contributed by atoms with Gasteiger partial charge in [0.1, 0.15) is 12.4 Å². The van der Waals surface area contributed by atoms with Crippen molar-refractivity contribution in [3.8, 4) is 5.75 Å². The van der Waals surface area contributed by atoms with E-state index in [1.807, 2.05) is 12.1 Å². The first-order valence-corrected chi connectivity index (χ1v) is 5.35. The third-order valence-corrected chi connectivity index (χ3v) is 3.43. The van der Waals surface area contributed by atoms with Gasteiger partial charge in [0, 0.05) is 6.20 Å². The maximum absolute atomic E-state index is 5.76. The predicted octanol–water partition coefficient (Wildman–Crippen LogP) is 2.64. The van der Waals surface area contributed by atoms with Crippen molar-refractivity contribution in [2.75, 3.05) is 20.7 Å². The molecule has 0 aromatic carbocycles. The molecule has 17 heavy (non-hydrogen) atoms. The summed E-state index contributed by atoms with van der Waals surface area (Å²) >= 11 is 0. The van der Waals surface area contributed by atoms with E-state index in [1.54, 1.807) is 12.4 Å². The van der Waals surface area contributed by atoms with Crippen LogP contribution in [0.4, 0.5) is 0 Å². The van der Waals surface area contributed by atoms with E-state index >= 15 is 0 Å². The topological polar surface area (TPSA) is 25.4 Å². The van der Waals surface area contributed by atoms with Crippen LogP contribution in [0.1, 0.15) is 13.3 Å². The lowest BCUT2D eigenvalue weighted by molar-refractivity contribution is 0.155. The van der Waals surface area contributed by atoms with E-state index in [2.05, 4.69) is 30.9 Å². The van der Waals surface area contributed by atoms with Gasteiger partial charge >= 0.3 is 0 Å². The molecule has 0 spiro atoms. The van der Waals surface area contributed by atoms with Crippen LogP contribution in [0.5, 0.6) is 5.75 Å². The van der Waals surface area contributed by atoms with E-state index in [4.69, 9.17) is 4.74 Å². The van der Waals surface area contributed by atoms with Crippen molar-refractivity contribution < 1.29 is 4.74 Å². The smallest absolute Gasteiger partial charge is 0.137 e. The number of aromatic nitrogens is 1. The van der Waals surface area contributed by atoms with E-state index < -0.39 is 0 Å². The first kappa shape index (κ1) is 16.5. The summed E-state index contributed by atoms with van der Waals surface area (Å²) in [6.07, 6.45) is 4.74. The van der Waals surface area contributed by atoms with Crippen LogP contribution < -0.4 is 4.74 Å². The maximum atomic E-state index is 5.76. The predicted molar refractivity (Wildman–Crippen MR) is 74.4 cm³/mol. The van der Waals surface area contributed by atoms with Gasteiger partial charge in [-0.25, -0.2) is 0 Å². The Morgan fingerprint density at radius 3 is 2.53 bits per heavy atom. The van der Waals surface area contributed by atoms with Crippen LogP contribution in [0.3, 0.4) is 0 Å². The van der Waals surface area contributed by atoms with Crippen molar-refractivity contribution >= 4 is 24.8 Å². The largest absolute Gasteiger partial charge is 0.490 e. The molecule has 1 aliphatic rings. The molecular formula is C12H20Cl2N2O. The Hall–Kier alpha value is -0.510. The molecule has 0 bridgehead atoms. The minimum atomic E-state index is 0. The third-order valence-electron chi connectivity index (χ3n) is 3.43. The Kier molecular flexibility index (Phi) is 6.24. The molecule has 1 aromatic rings. The first-order chi connectivity index (χ1) is 7.15. The van der Waals surface area contributed by atoms with Crippen LogP contribution in [-0.4, -0.2) is 36.1 Å². The maximum Gasteiger partial charge on any atom is 0.137 e. The molecule has 2 rings (SSSR count). The summed E-state index contributed by atoms with van der Waals surface area (Å²) in [4.78, 5) is 6.30. The number of nitrogens with zero attached hydrogens (tertiary/aromatic N) is 2. The van der Waals surface area contributed by atoms with Crippen molar-refractivity contribution in [3.05, 3.63) is 24.5 Å². The van der Waals surface area contributed by atoms with Crippen molar-refractivity contribution in [2.45, 2.75) is 18.9 Å². The van der Waals surface area contributed by atoms with E-state index in [0.29, 0.717) is 0 Å². The van der Waals surface area contributed by atoms with Gasteiger partial charge in [-0.2, -0.15) is 0 Å². The minimum Gasteiger partial charge on any atom is -0.490 e. The standard InChI is InChI=1S/C12H18N2O.2ClH/c1-10-7-12(10,14(2)3)9-15-11-5-4-6-13-8-11;;/h4-6,8,10H,7,9H2,1-3H3;2*1H. The fourth-order valence-corrected chi connectivity index (χ4v) is 2.07. The average Bonchev–Trinajstić information content (AvgIpc) is 2.90. The summed E-state index contributed by atoms with van der Waals surface area (Å²) in [6, 6.07) is 3.84. The highest BCUT2D eigenvalue weighted by molar-refractivity contribution is 5.85. The molecule has 0 N–H and O–H groups in total. The van der Waals surface area contributed by atoms with Gasteiger partial charge in [0.25, 0.3) is 0 Å². The molecule has 2 atom stereocenters. The van der Waals surface area contributed by atoms with Gasteiger partial charge in [-0.1, -0.05) is 6.92 Å². The van der Waals surface area contributed by atoms with Gasteiger partial charge in [0.2, 0.25) is 0 Å². The first-order valence-electron chi connectivity index (χ1n) is 5.35. The van der Waals surface area contributed by atoms with E-state index in [1.165, 1.54) is 6.42 Å². The van der Waals surface area contributed by atoms with Crippen LogP contribution >= 0.6 is 24.8 Å². The van der Waals surface area contributed by atoms with Gasteiger partial charge in [0.05, 0.1) is 11.7 Å². The monoisotopic (exact) mass is 278 g/mol. The number of hydrogen-bond acceptors (Lipinski definition) is 3. The average molecular weight is 279 g/mol. The zero-order valence-corrected chi connectivity index (χ0v) is 12.1. The van der Waals surface area contributed by atoms with Crippen LogP contribution in [0.15, 0.2) is 24.5 Å². The van der Waals surface area contributed by atoms with Gasteiger partial charge in [-0.3, -0.25) is 4.98 Å². The summed E-state index contributed by atoms with van der Waals surface area (Å²) < 4.78 is 5.76. The highest BCUT2D eigenvalue weighted by Gasteiger charge is 2.53. The molecule has 1 heterocycles. The summed E-state index contributed by atoms with van der Waals surface area (Å²) in [5.74, 6) is 1.59. The molecule has 98 valence electrons. The summed E-state index contributed by atoms with van der Waals surface area (Å²) in [7, 11) is 4.24. The Labute approximate surface area is 115 Å². The Morgan fingerprint density at radius 1 is 1.47 bits per heavy atom. The van der Waals surface area contributed by atoms with Crippen LogP contribution in [0, 0.1) is 5.92 Å². The van der Waals surface area contributed by atoms with Crippen LogP contribution in [0.2, 0.25) is 0 Å². The van der Waals surface area contributed by atoms with Crippen molar-refractivity contribution in [1.82, 2.24) is 9.88 Å². The lowest BCUT2D eigenvalue weighted by Crippen LogP contribution is -2.37. The van der Waals surface area contributed by atoms with E-state index in [-0.39, 0.29) is 30.4 Å². The lowest BCUT2D eigenvalue weighted by Gasteiger charge is -2.25. The molecule has 0 aliphatic heterocycles. The molecular weight excluding hydrogens is 259 g/mol. The Balaban J connectivity index is 0.00000128. The molecule has 0 radical (unpaired) electrons. The van der Waals surface area contributed by atoms with Crippen molar-refractivity contribution in [3.63, 3.8) is 0 Å². The molecule has 1 aromatic heterocycles. The molecule has 1 aliphatic carbocycles. The minimum absolute atomic E-state index is 0. The SMILES string of the molecule is CC1CC1(COc1cccnc1)N(C)C.Cl.Cl. The number of ether oxygens (including phenoxy) is 1. The number of likely N-dealkylation sites (N-methyl/N-ethyl adjacent to an activating group) is 1. The molecule has 0 amide bonds. The second kappa shape index (κ2) is 6.43. The Morgan fingerprint density at radius 2 is 2.12 bits per heavy atom. The molecule has 5 heteroatoms. The van der Waals surface area contributed by atoms with Crippen LogP contribution in [0.25, 0.3) is 0 Å². The van der Waals surface area contributed by atoms with Crippen molar-refractivity contribution in [2.24, 2.45) is 5.92 Å². The summed E-state index contributed by atoms with van der Waals surface area (Å²) in [5.41, 5.74) is 0.246. The Bertz CT molecular complexity index is 335. The zero-order chi connectivity index (χ0) is 10.9. The fraction of sp³-hybridized carbons (Fsp3) is 0.583. The summed E-state index contributed by atoms with van der Waals surface area (Å²) in [6.45, 7) is 3.03. The van der Waals surface area contributed by atoms with Gasteiger partial charge < -0.3 is 9.64 Å². The van der Waals surface area contributed by atoms with Gasteiger partial charge in [0.15, 0.2) is 0 Å². The van der Waals surface area contributed by atoms with Gasteiger partial charge in [-0.05, 0) is 38.6 Å². The second-order valence-corrected chi connectivity index (χ2v) is 4.58. The van der Waals surface area contributed by atoms with Gasteiger partial charge in [-0.15, -0.1) is 24.8 Å². The highest BCUT2D eigenvalue weighted by atomic mass is 35.5. The van der Waals surface area contributed by atoms with Crippen LogP contribution in [-0.2, 0) is 0 Å².